The molecule has 0 saturated heterocycles. The van der Waals surface area contributed by atoms with Crippen LogP contribution in [0.15, 0.2) is 18.2 Å². The first kappa shape index (κ1) is 17.6. The van der Waals surface area contributed by atoms with E-state index in [9.17, 15) is 13.2 Å². The van der Waals surface area contributed by atoms with Crippen LogP contribution in [0.1, 0.15) is 24.9 Å². The van der Waals surface area contributed by atoms with Crippen LogP contribution in [0.5, 0.6) is 0 Å². The highest BCUT2D eigenvalue weighted by Crippen LogP contribution is 2.28. The number of hydrogen-bond donors (Lipinski definition) is 1. The maximum atomic E-state index is 12.0. The molecule has 0 amide bonds. The summed E-state index contributed by atoms with van der Waals surface area (Å²) in [6.07, 6.45) is -3.91. The van der Waals surface area contributed by atoms with Gasteiger partial charge in [0.2, 0.25) is 0 Å². The lowest BCUT2D eigenvalue weighted by molar-refractivity contribution is -0.174. The van der Waals surface area contributed by atoms with Crippen LogP contribution in [-0.2, 0) is 4.74 Å². The van der Waals surface area contributed by atoms with E-state index in [1.165, 1.54) is 0 Å². The SMILES string of the molecule is CCNC(CCOCC(F)(F)F)c1ccc(Cl)cc1Cl. The Kier molecular flexibility index (Phi) is 7.09. The summed E-state index contributed by atoms with van der Waals surface area (Å²) >= 11 is 11.9. The van der Waals surface area contributed by atoms with E-state index in [0.29, 0.717) is 23.0 Å². The summed E-state index contributed by atoms with van der Waals surface area (Å²) in [5, 5.41) is 4.17. The van der Waals surface area contributed by atoms with Crippen molar-refractivity contribution in [3.05, 3.63) is 33.8 Å². The van der Waals surface area contributed by atoms with Gasteiger partial charge in [0, 0.05) is 22.7 Å². The first-order valence-electron chi connectivity index (χ1n) is 6.16. The van der Waals surface area contributed by atoms with Gasteiger partial charge < -0.3 is 10.1 Å². The van der Waals surface area contributed by atoms with Gasteiger partial charge in [-0.15, -0.1) is 0 Å². The number of alkyl halides is 3. The van der Waals surface area contributed by atoms with Gasteiger partial charge in [-0.05, 0) is 30.7 Å². The number of halogens is 5. The number of rotatable bonds is 7. The minimum Gasteiger partial charge on any atom is -0.372 e. The summed E-state index contributed by atoms with van der Waals surface area (Å²) in [7, 11) is 0. The number of ether oxygens (including phenoxy) is 1. The maximum absolute atomic E-state index is 12.0. The van der Waals surface area contributed by atoms with Crippen molar-refractivity contribution in [2.24, 2.45) is 0 Å². The zero-order valence-corrected chi connectivity index (χ0v) is 12.4. The van der Waals surface area contributed by atoms with Crippen LogP contribution in [0.3, 0.4) is 0 Å². The van der Waals surface area contributed by atoms with Crippen molar-refractivity contribution in [1.82, 2.24) is 5.32 Å². The van der Waals surface area contributed by atoms with Crippen LogP contribution in [0, 0.1) is 0 Å². The Hall–Kier alpha value is -0.490. The molecule has 0 radical (unpaired) electrons. The minimum absolute atomic E-state index is 0.00384. The minimum atomic E-state index is -4.30. The molecule has 0 aliphatic rings. The zero-order valence-electron chi connectivity index (χ0n) is 10.9. The molecule has 0 fully saturated rings. The average Bonchev–Trinajstić information content (AvgIpc) is 2.32. The Morgan fingerprint density at radius 2 is 2.00 bits per heavy atom. The monoisotopic (exact) mass is 329 g/mol. The van der Waals surface area contributed by atoms with Crippen molar-refractivity contribution in [2.75, 3.05) is 19.8 Å². The van der Waals surface area contributed by atoms with E-state index in [1.807, 2.05) is 6.92 Å². The number of hydrogen-bond acceptors (Lipinski definition) is 2. The fraction of sp³-hybridized carbons (Fsp3) is 0.538. The third kappa shape index (κ3) is 6.31. The zero-order chi connectivity index (χ0) is 15.2. The van der Waals surface area contributed by atoms with Crippen molar-refractivity contribution in [1.29, 1.82) is 0 Å². The highest BCUT2D eigenvalue weighted by Gasteiger charge is 2.27. The number of benzene rings is 1. The second kappa shape index (κ2) is 8.08. The van der Waals surface area contributed by atoms with Crippen LogP contribution in [0.4, 0.5) is 13.2 Å². The predicted octanol–water partition coefficient (Wildman–Crippen LogP) is 4.61. The molecular formula is C13H16Cl2F3NO. The molecule has 0 aliphatic carbocycles. The molecule has 1 unspecified atom stereocenters. The quantitative estimate of drug-likeness (QED) is 0.737. The van der Waals surface area contributed by atoms with Crippen molar-refractivity contribution in [3.8, 4) is 0 Å². The van der Waals surface area contributed by atoms with Crippen molar-refractivity contribution in [2.45, 2.75) is 25.6 Å². The molecule has 0 saturated carbocycles. The third-order valence-corrected chi connectivity index (χ3v) is 3.17. The molecule has 1 aromatic carbocycles. The van der Waals surface area contributed by atoms with Gasteiger partial charge in [-0.25, -0.2) is 0 Å². The lowest BCUT2D eigenvalue weighted by atomic mass is 10.0. The largest absolute Gasteiger partial charge is 0.411 e. The Morgan fingerprint density at radius 1 is 1.30 bits per heavy atom. The molecule has 0 spiro atoms. The van der Waals surface area contributed by atoms with Crippen LogP contribution in [-0.4, -0.2) is 25.9 Å². The highest BCUT2D eigenvalue weighted by atomic mass is 35.5. The Balaban J connectivity index is 2.60. The van der Waals surface area contributed by atoms with E-state index in [-0.39, 0.29) is 12.6 Å². The van der Waals surface area contributed by atoms with Crippen LogP contribution < -0.4 is 5.32 Å². The van der Waals surface area contributed by atoms with Gasteiger partial charge >= 0.3 is 6.18 Å². The van der Waals surface area contributed by atoms with Gasteiger partial charge in [-0.1, -0.05) is 36.2 Å². The van der Waals surface area contributed by atoms with E-state index in [1.54, 1.807) is 18.2 Å². The topological polar surface area (TPSA) is 21.3 Å². The maximum Gasteiger partial charge on any atom is 0.411 e. The summed E-state index contributed by atoms with van der Waals surface area (Å²) in [6.45, 7) is 1.34. The van der Waals surface area contributed by atoms with Crippen molar-refractivity contribution >= 4 is 23.2 Å². The van der Waals surface area contributed by atoms with Gasteiger partial charge in [0.25, 0.3) is 0 Å². The van der Waals surface area contributed by atoms with Gasteiger partial charge in [-0.3, -0.25) is 0 Å². The van der Waals surface area contributed by atoms with Gasteiger partial charge in [0.05, 0.1) is 0 Å². The van der Waals surface area contributed by atoms with Gasteiger partial charge in [0.15, 0.2) is 0 Å². The normalized spacial score (nSPS) is 13.5. The molecule has 0 heterocycles. The fourth-order valence-electron chi connectivity index (χ4n) is 1.79. The van der Waals surface area contributed by atoms with Crippen LogP contribution in [0.2, 0.25) is 10.0 Å². The van der Waals surface area contributed by atoms with E-state index < -0.39 is 12.8 Å². The summed E-state index contributed by atoms with van der Waals surface area (Å²) in [4.78, 5) is 0. The molecule has 0 aliphatic heterocycles. The first-order chi connectivity index (χ1) is 9.33. The predicted molar refractivity (Wildman–Crippen MR) is 74.4 cm³/mol. The molecule has 1 rings (SSSR count). The summed E-state index contributed by atoms with van der Waals surface area (Å²) < 4.78 is 40.6. The van der Waals surface area contributed by atoms with Gasteiger partial charge in [-0.2, -0.15) is 13.2 Å². The fourth-order valence-corrected chi connectivity index (χ4v) is 2.33. The molecule has 1 N–H and O–H groups in total. The second-order valence-electron chi connectivity index (χ2n) is 4.23. The summed E-state index contributed by atoms with van der Waals surface area (Å²) in [5.74, 6) is 0. The average molecular weight is 330 g/mol. The van der Waals surface area contributed by atoms with E-state index >= 15 is 0 Å². The summed E-state index contributed by atoms with van der Waals surface area (Å²) in [6, 6.07) is 4.91. The molecule has 1 aromatic rings. The number of nitrogens with one attached hydrogen (secondary N) is 1. The highest BCUT2D eigenvalue weighted by molar-refractivity contribution is 6.35. The molecule has 0 bridgehead atoms. The molecule has 0 aromatic heterocycles. The summed E-state index contributed by atoms with van der Waals surface area (Å²) in [5.41, 5.74) is 0.800. The first-order valence-corrected chi connectivity index (χ1v) is 6.92. The Labute approximate surface area is 126 Å². The standard InChI is InChI=1S/C13H16Cl2F3NO/c1-2-19-12(5-6-20-8-13(16,17)18)10-4-3-9(14)7-11(10)15/h3-4,7,12,19H,2,5-6,8H2,1H3. The van der Waals surface area contributed by atoms with Crippen LogP contribution in [0.25, 0.3) is 0 Å². The molecule has 2 nitrogen and oxygen atoms in total. The molecular weight excluding hydrogens is 314 g/mol. The molecule has 7 heteroatoms. The Morgan fingerprint density at radius 3 is 2.55 bits per heavy atom. The van der Waals surface area contributed by atoms with Gasteiger partial charge in [0.1, 0.15) is 6.61 Å². The molecule has 20 heavy (non-hydrogen) atoms. The van der Waals surface area contributed by atoms with Crippen LogP contribution >= 0.6 is 23.2 Å². The van der Waals surface area contributed by atoms with E-state index in [0.717, 1.165) is 5.56 Å². The Bertz CT molecular complexity index is 427. The second-order valence-corrected chi connectivity index (χ2v) is 5.08. The van der Waals surface area contributed by atoms with Crippen molar-refractivity contribution < 1.29 is 17.9 Å². The smallest absolute Gasteiger partial charge is 0.372 e. The molecule has 1 atom stereocenters. The molecule has 114 valence electrons. The lowest BCUT2D eigenvalue weighted by Gasteiger charge is -2.20. The third-order valence-electron chi connectivity index (χ3n) is 2.61. The van der Waals surface area contributed by atoms with E-state index in [2.05, 4.69) is 10.1 Å². The van der Waals surface area contributed by atoms with Crippen molar-refractivity contribution in [3.63, 3.8) is 0 Å². The lowest BCUT2D eigenvalue weighted by Crippen LogP contribution is -2.24. The van der Waals surface area contributed by atoms with E-state index in [4.69, 9.17) is 23.2 Å².